The second kappa shape index (κ2) is 9.78. The lowest BCUT2D eigenvalue weighted by Crippen LogP contribution is -2.40. The molecule has 1 heterocycles. The molecule has 0 aliphatic carbocycles. The van der Waals surface area contributed by atoms with Gasteiger partial charge in [-0.05, 0) is 23.3 Å². The summed E-state index contributed by atoms with van der Waals surface area (Å²) < 4.78 is 33.1. The van der Waals surface area contributed by atoms with E-state index in [0.29, 0.717) is 11.1 Å². The normalized spacial score (nSPS) is 16.2. The molecule has 1 aliphatic rings. The fourth-order valence-electron chi connectivity index (χ4n) is 3.80. The number of rotatable bonds is 6. The van der Waals surface area contributed by atoms with Crippen molar-refractivity contribution in [3.8, 4) is 6.07 Å². The predicted molar refractivity (Wildman–Crippen MR) is 123 cm³/mol. The molecule has 2 aromatic carbocycles. The van der Waals surface area contributed by atoms with Gasteiger partial charge < -0.3 is 15.2 Å². The number of primary sulfonamides is 1. The van der Waals surface area contributed by atoms with E-state index in [1.54, 1.807) is 30.3 Å². The Hall–Kier alpha value is -4.14. The molecular formula is C23H22N4O6S. The van der Waals surface area contributed by atoms with E-state index in [4.69, 9.17) is 20.3 Å². The van der Waals surface area contributed by atoms with Crippen molar-refractivity contribution in [2.45, 2.75) is 11.7 Å². The molecule has 0 radical (unpaired) electrons. The van der Waals surface area contributed by atoms with Crippen molar-refractivity contribution in [1.29, 1.82) is 5.26 Å². The lowest BCUT2D eigenvalue weighted by molar-refractivity contribution is -0.139. The zero-order valence-corrected chi connectivity index (χ0v) is 19.2. The highest BCUT2D eigenvalue weighted by atomic mass is 32.2. The van der Waals surface area contributed by atoms with Gasteiger partial charge in [0.2, 0.25) is 10.0 Å². The highest BCUT2D eigenvalue weighted by molar-refractivity contribution is 7.88. The summed E-state index contributed by atoms with van der Waals surface area (Å²) in [5.41, 5.74) is 7.05. The van der Waals surface area contributed by atoms with Crippen molar-refractivity contribution in [3.63, 3.8) is 0 Å². The number of allylic oxidation sites excluding steroid dienone is 1. The molecule has 10 nitrogen and oxygen atoms in total. The van der Waals surface area contributed by atoms with E-state index in [9.17, 15) is 23.3 Å². The predicted octanol–water partition coefficient (Wildman–Crippen LogP) is 1.37. The fraction of sp³-hybridized carbons (Fsp3) is 0.174. The fourth-order valence-corrected chi connectivity index (χ4v) is 4.44. The second-order valence-corrected chi connectivity index (χ2v) is 8.93. The van der Waals surface area contributed by atoms with Crippen molar-refractivity contribution in [2.75, 3.05) is 19.1 Å². The molecule has 2 aromatic rings. The first-order valence-electron chi connectivity index (χ1n) is 9.88. The average molecular weight is 483 g/mol. The minimum Gasteiger partial charge on any atom is -0.466 e. The standard InChI is InChI=1S/C23H22N4O6S/c1-32-22(28)19-18(15-8-4-3-5-9-15)17(12-24)21(25)27(20(19)23(29)33-2)16-10-6-7-14(11-16)13-34(26,30)31/h3-11,18H,13,25H2,1-2H3,(H2,26,30,31). The van der Waals surface area contributed by atoms with Crippen molar-refractivity contribution < 1.29 is 27.5 Å². The molecule has 0 spiro atoms. The Morgan fingerprint density at radius 1 is 1.06 bits per heavy atom. The van der Waals surface area contributed by atoms with Gasteiger partial charge in [0.05, 0.1) is 43.1 Å². The van der Waals surface area contributed by atoms with Crippen LogP contribution in [0.25, 0.3) is 0 Å². The molecule has 1 aliphatic heterocycles. The molecule has 0 saturated carbocycles. The van der Waals surface area contributed by atoms with E-state index in [-0.39, 0.29) is 28.4 Å². The smallest absolute Gasteiger partial charge is 0.355 e. The van der Waals surface area contributed by atoms with Gasteiger partial charge in [-0.25, -0.2) is 23.1 Å². The Morgan fingerprint density at radius 2 is 1.71 bits per heavy atom. The summed E-state index contributed by atoms with van der Waals surface area (Å²) in [5.74, 6) is -3.37. The second-order valence-electron chi connectivity index (χ2n) is 7.31. The van der Waals surface area contributed by atoms with Crippen LogP contribution < -0.4 is 15.8 Å². The van der Waals surface area contributed by atoms with Gasteiger partial charge in [0, 0.05) is 5.69 Å². The molecule has 34 heavy (non-hydrogen) atoms. The number of anilines is 1. The molecule has 0 saturated heterocycles. The maximum Gasteiger partial charge on any atom is 0.355 e. The Kier molecular flexibility index (Phi) is 7.05. The molecule has 0 bridgehead atoms. The third-order valence-electron chi connectivity index (χ3n) is 5.15. The van der Waals surface area contributed by atoms with Gasteiger partial charge in [0.1, 0.15) is 11.5 Å². The van der Waals surface area contributed by atoms with Gasteiger partial charge in [-0.2, -0.15) is 5.26 Å². The first-order chi connectivity index (χ1) is 16.1. The van der Waals surface area contributed by atoms with Crippen LogP contribution in [0.2, 0.25) is 0 Å². The number of esters is 2. The summed E-state index contributed by atoms with van der Waals surface area (Å²) in [6, 6.07) is 16.7. The topological polar surface area (TPSA) is 166 Å². The molecule has 0 amide bonds. The largest absolute Gasteiger partial charge is 0.466 e. The Balaban J connectivity index is 2.37. The van der Waals surface area contributed by atoms with Crippen LogP contribution in [-0.4, -0.2) is 34.6 Å². The van der Waals surface area contributed by atoms with Crippen molar-refractivity contribution >= 4 is 27.6 Å². The third-order valence-corrected chi connectivity index (χ3v) is 5.88. The van der Waals surface area contributed by atoms with Gasteiger partial charge >= 0.3 is 11.9 Å². The Bertz CT molecular complexity index is 1340. The lowest BCUT2D eigenvalue weighted by atomic mass is 9.81. The lowest BCUT2D eigenvalue weighted by Gasteiger charge is -2.36. The van der Waals surface area contributed by atoms with E-state index < -0.39 is 33.6 Å². The molecule has 1 unspecified atom stereocenters. The number of sulfonamides is 1. The molecule has 3 rings (SSSR count). The zero-order valence-electron chi connectivity index (χ0n) is 18.4. The first-order valence-corrected chi connectivity index (χ1v) is 11.6. The van der Waals surface area contributed by atoms with Crippen molar-refractivity contribution in [1.82, 2.24) is 0 Å². The Labute approximate surface area is 196 Å². The maximum absolute atomic E-state index is 13.0. The number of nitriles is 1. The molecule has 0 aromatic heterocycles. The van der Waals surface area contributed by atoms with Gasteiger partial charge in [0.25, 0.3) is 0 Å². The van der Waals surface area contributed by atoms with Crippen molar-refractivity contribution in [2.24, 2.45) is 10.9 Å². The van der Waals surface area contributed by atoms with Crippen molar-refractivity contribution in [3.05, 3.63) is 88.4 Å². The van der Waals surface area contributed by atoms with Crippen LogP contribution >= 0.6 is 0 Å². The van der Waals surface area contributed by atoms with Crippen LogP contribution in [0.1, 0.15) is 17.0 Å². The summed E-state index contributed by atoms with van der Waals surface area (Å²) in [6.07, 6.45) is 0. The summed E-state index contributed by atoms with van der Waals surface area (Å²) in [5, 5.41) is 15.2. The SMILES string of the molecule is COC(=O)C1=C(C(=O)OC)N(c2cccc(CS(N)(=O)=O)c2)C(N)=C(C#N)C1c1ccccc1. The van der Waals surface area contributed by atoms with E-state index in [2.05, 4.69) is 0 Å². The highest BCUT2D eigenvalue weighted by Crippen LogP contribution is 2.43. The molecule has 176 valence electrons. The first kappa shape index (κ1) is 24.5. The summed E-state index contributed by atoms with van der Waals surface area (Å²) in [7, 11) is -1.57. The van der Waals surface area contributed by atoms with E-state index in [1.165, 1.54) is 29.2 Å². The van der Waals surface area contributed by atoms with E-state index in [1.807, 2.05) is 6.07 Å². The molecule has 4 N–H and O–H groups in total. The number of methoxy groups -OCH3 is 2. The quantitative estimate of drug-likeness (QED) is 0.578. The van der Waals surface area contributed by atoms with Crippen LogP contribution in [0.3, 0.4) is 0 Å². The van der Waals surface area contributed by atoms with Crippen LogP contribution in [0.15, 0.2) is 77.3 Å². The number of carbonyl (C=O) groups is 2. The van der Waals surface area contributed by atoms with Crippen LogP contribution in [-0.2, 0) is 34.8 Å². The Morgan fingerprint density at radius 3 is 2.26 bits per heavy atom. The molecule has 11 heteroatoms. The van der Waals surface area contributed by atoms with Gasteiger partial charge in [-0.3, -0.25) is 4.90 Å². The number of nitrogens with zero attached hydrogens (tertiary/aromatic N) is 2. The monoisotopic (exact) mass is 482 g/mol. The number of hydrogen-bond acceptors (Lipinski definition) is 9. The van der Waals surface area contributed by atoms with Crippen LogP contribution in [0.5, 0.6) is 0 Å². The third kappa shape index (κ3) is 4.78. The van der Waals surface area contributed by atoms with Gasteiger partial charge in [-0.1, -0.05) is 42.5 Å². The molecule has 1 atom stereocenters. The van der Waals surface area contributed by atoms with Crippen LogP contribution in [0, 0.1) is 11.3 Å². The number of nitrogens with two attached hydrogens (primary N) is 2. The van der Waals surface area contributed by atoms with Gasteiger partial charge in [0.15, 0.2) is 0 Å². The molecular weight excluding hydrogens is 460 g/mol. The number of carbonyl (C=O) groups excluding carboxylic acids is 2. The highest BCUT2D eigenvalue weighted by Gasteiger charge is 2.43. The van der Waals surface area contributed by atoms with Gasteiger partial charge in [-0.15, -0.1) is 0 Å². The molecule has 0 fully saturated rings. The van der Waals surface area contributed by atoms with E-state index in [0.717, 1.165) is 14.2 Å². The number of ether oxygens (including phenoxy) is 2. The minimum atomic E-state index is -3.85. The minimum absolute atomic E-state index is 0.00361. The summed E-state index contributed by atoms with van der Waals surface area (Å²) >= 11 is 0. The summed E-state index contributed by atoms with van der Waals surface area (Å²) in [4.78, 5) is 27.2. The number of hydrogen-bond donors (Lipinski definition) is 2. The van der Waals surface area contributed by atoms with Crippen LogP contribution in [0.4, 0.5) is 5.69 Å². The summed E-state index contributed by atoms with van der Waals surface area (Å²) in [6.45, 7) is 0. The number of benzene rings is 2. The zero-order chi connectivity index (χ0) is 25.0. The maximum atomic E-state index is 13.0. The van der Waals surface area contributed by atoms with E-state index >= 15 is 0 Å². The average Bonchev–Trinajstić information content (AvgIpc) is 2.81.